The van der Waals surface area contributed by atoms with E-state index in [4.69, 9.17) is 0 Å². The van der Waals surface area contributed by atoms with Crippen LogP contribution in [0.1, 0.15) is 20.3 Å². The van der Waals surface area contributed by atoms with Gasteiger partial charge in [0.2, 0.25) is 11.8 Å². The number of nitrogens with zero attached hydrogens (tertiary/aromatic N) is 2. The number of hydrogen-bond acceptors (Lipinski definition) is 4. The first-order valence-corrected chi connectivity index (χ1v) is 8.13. The van der Waals surface area contributed by atoms with Gasteiger partial charge in [0, 0.05) is 43.7 Å². The standard InChI is InChI=1S/C13H23N3O2S.ClH/c1-10(2)12(17)15-4-3-5-16(7-6-15)13(18)11-8-19-9-14-11;/h10-11,14H,3-9H2,1-2H3;1H. The Labute approximate surface area is 131 Å². The third kappa shape index (κ3) is 4.27. The van der Waals surface area contributed by atoms with Gasteiger partial charge in [0.1, 0.15) is 0 Å². The monoisotopic (exact) mass is 321 g/mol. The second-order valence-electron chi connectivity index (χ2n) is 5.43. The van der Waals surface area contributed by atoms with Crippen molar-refractivity contribution in [3.63, 3.8) is 0 Å². The van der Waals surface area contributed by atoms with E-state index in [1.807, 2.05) is 23.6 Å². The van der Waals surface area contributed by atoms with Crippen LogP contribution >= 0.6 is 24.2 Å². The van der Waals surface area contributed by atoms with Crippen molar-refractivity contribution in [2.75, 3.05) is 37.8 Å². The number of thioether (sulfide) groups is 1. The third-order valence-corrected chi connectivity index (χ3v) is 4.57. The molecule has 116 valence electrons. The maximum absolute atomic E-state index is 12.3. The summed E-state index contributed by atoms with van der Waals surface area (Å²) < 4.78 is 0. The molecule has 2 fully saturated rings. The summed E-state index contributed by atoms with van der Waals surface area (Å²) in [6.07, 6.45) is 0.879. The van der Waals surface area contributed by atoms with E-state index in [0.717, 1.165) is 31.1 Å². The Kier molecular flexibility index (Phi) is 7.12. The number of amides is 2. The molecule has 0 bridgehead atoms. The van der Waals surface area contributed by atoms with Crippen LogP contribution in [0.15, 0.2) is 0 Å². The van der Waals surface area contributed by atoms with E-state index in [9.17, 15) is 9.59 Å². The van der Waals surface area contributed by atoms with Crippen LogP contribution in [0.25, 0.3) is 0 Å². The molecule has 0 aromatic rings. The molecule has 1 unspecified atom stereocenters. The van der Waals surface area contributed by atoms with Gasteiger partial charge in [-0.2, -0.15) is 0 Å². The lowest BCUT2D eigenvalue weighted by atomic mass is 10.2. The molecule has 2 aliphatic rings. The first-order valence-electron chi connectivity index (χ1n) is 6.98. The highest BCUT2D eigenvalue weighted by atomic mass is 35.5. The Morgan fingerprint density at radius 2 is 1.80 bits per heavy atom. The lowest BCUT2D eigenvalue weighted by Gasteiger charge is -2.25. The first kappa shape index (κ1) is 17.6. The Morgan fingerprint density at radius 3 is 2.40 bits per heavy atom. The molecule has 0 aromatic heterocycles. The zero-order valence-electron chi connectivity index (χ0n) is 12.1. The van der Waals surface area contributed by atoms with E-state index in [1.165, 1.54) is 0 Å². The lowest BCUT2D eigenvalue weighted by molar-refractivity contribution is -0.136. The largest absolute Gasteiger partial charge is 0.341 e. The fourth-order valence-corrected chi connectivity index (χ4v) is 3.43. The van der Waals surface area contributed by atoms with E-state index < -0.39 is 0 Å². The number of carbonyl (C=O) groups excluding carboxylic acids is 2. The average Bonchev–Trinajstić information content (AvgIpc) is 2.81. The van der Waals surface area contributed by atoms with Crippen LogP contribution in [0.4, 0.5) is 0 Å². The number of nitrogens with one attached hydrogen (secondary N) is 1. The average molecular weight is 322 g/mol. The maximum atomic E-state index is 12.3. The smallest absolute Gasteiger partial charge is 0.240 e. The van der Waals surface area contributed by atoms with Gasteiger partial charge in [-0.1, -0.05) is 13.8 Å². The summed E-state index contributed by atoms with van der Waals surface area (Å²) in [5, 5.41) is 3.22. The first-order chi connectivity index (χ1) is 9.09. The second-order valence-corrected chi connectivity index (χ2v) is 6.46. The Hall–Kier alpha value is -0.460. The highest BCUT2D eigenvalue weighted by Gasteiger charge is 2.29. The van der Waals surface area contributed by atoms with Gasteiger partial charge in [0.05, 0.1) is 6.04 Å². The highest BCUT2D eigenvalue weighted by molar-refractivity contribution is 7.99. The molecule has 1 atom stereocenters. The topological polar surface area (TPSA) is 52.7 Å². The fourth-order valence-electron chi connectivity index (χ4n) is 2.50. The van der Waals surface area contributed by atoms with E-state index >= 15 is 0 Å². The van der Waals surface area contributed by atoms with Gasteiger partial charge in [-0.3, -0.25) is 14.9 Å². The molecule has 7 heteroatoms. The third-order valence-electron chi connectivity index (χ3n) is 3.63. The number of rotatable bonds is 2. The zero-order valence-corrected chi connectivity index (χ0v) is 13.8. The van der Waals surface area contributed by atoms with E-state index in [0.29, 0.717) is 13.1 Å². The van der Waals surface area contributed by atoms with Gasteiger partial charge in [0.25, 0.3) is 0 Å². The van der Waals surface area contributed by atoms with Crippen molar-refractivity contribution in [3.05, 3.63) is 0 Å². The zero-order chi connectivity index (χ0) is 13.8. The van der Waals surface area contributed by atoms with Crippen LogP contribution in [-0.2, 0) is 9.59 Å². The fraction of sp³-hybridized carbons (Fsp3) is 0.846. The van der Waals surface area contributed by atoms with Gasteiger partial charge in [-0.25, -0.2) is 0 Å². The summed E-state index contributed by atoms with van der Waals surface area (Å²) in [6, 6.07) is -0.0302. The number of halogens is 1. The van der Waals surface area contributed by atoms with E-state index in [-0.39, 0.29) is 36.2 Å². The van der Waals surface area contributed by atoms with Crippen LogP contribution < -0.4 is 5.32 Å². The minimum absolute atomic E-state index is 0. The van der Waals surface area contributed by atoms with Crippen molar-refractivity contribution < 1.29 is 9.59 Å². The SMILES string of the molecule is CC(C)C(=O)N1CCCN(C(=O)C2CSCN2)CC1.Cl. The Balaban J connectivity index is 0.00000200. The Morgan fingerprint density at radius 1 is 1.15 bits per heavy atom. The molecule has 2 aliphatic heterocycles. The minimum atomic E-state index is -0.0302. The predicted molar refractivity (Wildman–Crippen MR) is 84.1 cm³/mol. The molecule has 0 spiro atoms. The van der Waals surface area contributed by atoms with Crippen molar-refractivity contribution in [3.8, 4) is 0 Å². The Bertz CT molecular complexity index is 349. The summed E-state index contributed by atoms with van der Waals surface area (Å²) in [6.45, 7) is 6.73. The molecule has 0 radical (unpaired) electrons. The van der Waals surface area contributed by atoms with Crippen molar-refractivity contribution in [1.29, 1.82) is 0 Å². The molecule has 0 aliphatic carbocycles. The molecule has 0 aromatic carbocycles. The van der Waals surface area contributed by atoms with Crippen molar-refractivity contribution in [1.82, 2.24) is 15.1 Å². The normalized spacial score (nSPS) is 23.4. The van der Waals surface area contributed by atoms with Crippen LogP contribution in [0.5, 0.6) is 0 Å². The molecule has 5 nitrogen and oxygen atoms in total. The molecule has 0 saturated carbocycles. The quantitative estimate of drug-likeness (QED) is 0.817. The summed E-state index contributed by atoms with van der Waals surface area (Å²) >= 11 is 1.77. The van der Waals surface area contributed by atoms with Crippen LogP contribution in [-0.4, -0.2) is 65.5 Å². The van der Waals surface area contributed by atoms with Gasteiger partial charge in [-0.15, -0.1) is 24.2 Å². The summed E-state index contributed by atoms with van der Waals surface area (Å²) in [5.74, 6) is 2.16. The molecular weight excluding hydrogens is 298 g/mol. The van der Waals surface area contributed by atoms with Crippen molar-refractivity contribution in [2.24, 2.45) is 5.92 Å². The number of carbonyl (C=O) groups is 2. The van der Waals surface area contributed by atoms with Crippen LogP contribution in [0.2, 0.25) is 0 Å². The molecule has 2 heterocycles. The maximum Gasteiger partial charge on any atom is 0.240 e. The molecule has 20 heavy (non-hydrogen) atoms. The molecular formula is C13H24ClN3O2S. The van der Waals surface area contributed by atoms with Crippen molar-refractivity contribution >= 4 is 36.0 Å². The summed E-state index contributed by atoms with van der Waals surface area (Å²) in [7, 11) is 0. The minimum Gasteiger partial charge on any atom is -0.341 e. The molecule has 2 rings (SSSR count). The van der Waals surface area contributed by atoms with Gasteiger partial charge in [0.15, 0.2) is 0 Å². The molecule has 2 saturated heterocycles. The highest BCUT2D eigenvalue weighted by Crippen LogP contribution is 2.14. The van der Waals surface area contributed by atoms with Crippen LogP contribution in [0.3, 0.4) is 0 Å². The second kappa shape index (κ2) is 8.10. The van der Waals surface area contributed by atoms with Crippen LogP contribution in [0, 0.1) is 5.92 Å². The predicted octanol–water partition coefficient (Wildman–Crippen LogP) is 0.788. The summed E-state index contributed by atoms with van der Waals surface area (Å²) in [4.78, 5) is 28.1. The van der Waals surface area contributed by atoms with Crippen molar-refractivity contribution in [2.45, 2.75) is 26.3 Å². The van der Waals surface area contributed by atoms with Gasteiger partial charge < -0.3 is 9.80 Å². The molecule has 2 amide bonds. The summed E-state index contributed by atoms with van der Waals surface area (Å²) in [5.41, 5.74) is 0. The lowest BCUT2D eigenvalue weighted by Crippen LogP contribution is -2.46. The van der Waals surface area contributed by atoms with E-state index in [2.05, 4.69) is 5.32 Å². The van der Waals surface area contributed by atoms with E-state index in [1.54, 1.807) is 11.8 Å². The van der Waals surface area contributed by atoms with Gasteiger partial charge in [-0.05, 0) is 6.42 Å². The van der Waals surface area contributed by atoms with Gasteiger partial charge >= 0.3 is 0 Å². The number of hydrogen-bond donors (Lipinski definition) is 1. The molecule has 1 N–H and O–H groups in total.